The molecule has 0 aliphatic heterocycles. The molecule has 1 amide bonds. The molecule has 0 saturated heterocycles. The summed E-state index contributed by atoms with van der Waals surface area (Å²) in [5, 5.41) is 0.896. The molecule has 0 radical (unpaired) electrons. The summed E-state index contributed by atoms with van der Waals surface area (Å²) in [6.07, 6.45) is 8.98. The number of unbranched alkanes of at least 4 members (excludes halogenated alkanes) is 6. The van der Waals surface area contributed by atoms with Crippen LogP contribution in [0.15, 0.2) is 35.1 Å². The molecule has 4 nitrogen and oxygen atoms in total. The molecule has 0 atom stereocenters. The summed E-state index contributed by atoms with van der Waals surface area (Å²) in [6, 6.07) is 9.32. The van der Waals surface area contributed by atoms with Crippen LogP contribution in [-0.4, -0.2) is 28.9 Å². The van der Waals surface area contributed by atoms with Crippen LogP contribution in [-0.2, 0) is 0 Å². The summed E-state index contributed by atoms with van der Waals surface area (Å²) in [7, 11) is 0. The Bertz CT molecular complexity index is 739. The van der Waals surface area contributed by atoms with Gasteiger partial charge in [0.05, 0.1) is 0 Å². The largest absolute Gasteiger partial charge is 0.338 e. The zero-order valence-electron chi connectivity index (χ0n) is 16.2. The minimum atomic E-state index is -0.291. The number of carbonyl (C=O) groups is 1. The molecular weight excluding hydrogens is 324 g/mol. The van der Waals surface area contributed by atoms with E-state index in [4.69, 9.17) is 0 Å². The molecular formula is C22H32N2O2. The lowest BCUT2D eigenvalue weighted by Crippen LogP contribution is -2.36. The highest BCUT2D eigenvalue weighted by Gasteiger charge is 2.19. The lowest BCUT2D eigenvalue weighted by atomic mass is 10.1. The Hall–Kier alpha value is -2.10. The predicted molar refractivity (Wildman–Crippen MR) is 109 cm³/mol. The van der Waals surface area contributed by atoms with E-state index in [1.807, 2.05) is 29.2 Å². The Balaban J connectivity index is 2.15. The van der Waals surface area contributed by atoms with Gasteiger partial charge >= 0.3 is 0 Å². The maximum absolute atomic E-state index is 13.0. The molecule has 26 heavy (non-hydrogen) atoms. The average molecular weight is 357 g/mol. The number of nitrogens with one attached hydrogen (secondary N) is 1. The molecule has 0 spiro atoms. The van der Waals surface area contributed by atoms with E-state index in [0.29, 0.717) is 0 Å². The highest BCUT2D eigenvalue weighted by Crippen LogP contribution is 2.13. The van der Waals surface area contributed by atoms with Gasteiger partial charge in [-0.15, -0.1) is 0 Å². The van der Waals surface area contributed by atoms with Gasteiger partial charge in [0.2, 0.25) is 0 Å². The van der Waals surface area contributed by atoms with Crippen molar-refractivity contribution in [3.05, 3.63) is 46.2 Å². The van der Waals surface area contributed by atoms with E-state index in [9.17, 15) is 9.59 Å². The lowest BCUT2D eigenvalue weighted by Gasteiger charge is -2.22. The molecule has 4 heteroatoms. The van der Waals surface area contributed by atoms with Gasteiger partial charge in [0.25, 0.3) is 11.5 Å². The first kappa shape index (κ1) is 20.2. The Morgan fingerprint density at radius 3 is 2.15 bits per heavy atom. The van der Waals surface area contributed by atoms with Gasteiger partial charge in [-0.25, -0.2) is 0 Å². The highest BCUT2D eigenvalue weighted by atomic mass is 16.2. The third-order valence-electron chi connectivity index (χ3n) is 4.83. The van der Waals surface area contributed by atoms with Gasteiger partial charge in [0, 0.05) is 18.6 Å². The van der Waals surface area contributed by atoms with Crippen LogP contribution in [0.2, 0.25) is 0 Å². The van der Waals surface area contributed by atoms with E-state index in [0.717, 1.165) is 49.7 Å². The van der Waals surface area contributed by atoms with Crippen molar-refractivity contribution in [1.82, 2.24) is 9.88 Å². The van der Waals surface area contributed by atoms with Gasteiger partial charge in [-0.2, -0.15) is 0 Å². The SMILES string of the molecule is CCCCCCN(CCCCCC)C(=O)c1cc2ccccc2[nH]c1=O. The van der Waals surface area contributed by atoms with Crippen molar-refractivity contribution in [2.75, 3.05) is 13.1 Å². The van der Waals surface area contributed by atoms with Gasteiger partial charge in [-0.1, -0.05) is 70.6 Å². The van der Waals surface area contributed by atoms with E-state index in [2.05, 4.69) is 18.8 Å². The number of hydrogen-bond acceptors (Lipinski definition) is 2. The second-order valence-electron chi connectivity index (χ2n) is 7.01. The number of para-hydroxylation sites is 1. The Kier molecular flexibility index (Phi) is 8.39. The fourth-order valence-corrected chi connectivity index (χ4v) is 3.25. The van der Waals surface area contributed by atoms with Crippen molar-refractivity contribution in [1.29, 1.82) is 0 Å². The van der Waals surface area contributed by atoms with E-state index in [-0.39, 0.29) is 17.0 Å². The van der Waals surface area contributed by atoms with Gasteiger partial charge in [-0.05, 0) is 30.4 Å². The second kappa shape index (κ2) is 10.8. The van der Waals surface area contributed by atoms with Crippen LogP contribution in [0, 0.1) is 0 Å². The molecule has 1 N–H and O–H groups in total. The van der Waals surface area contributed by atoms with Gasteiger partial charge in [0.1, 0.15) is 5.56 Å². The van der Waals surface area contributed by atoms with E-state index in [1.165, 1.54) is 25.7 Å². The van der Waals surface area contributed by atoms with Crippen LogP contribution in [0.1, 0.15) is 75.6 Å². The number of carbonyl (C=O) groups excluding carboxylic acids is 1. The van der Waals surface area contributed by atoms with Crippen LogP contribution < -0.4 is 5.56 Å². The average Bonchev–Trinajstić information content (AvgIpc) is 2.65. The van der Waals surface area contributed by atoms with Gasteiger partial charge < -0.3 is 9.88 Å². The molecule has 0 aliphatic carbocycles. The third-order valence-corrected chi connectivity index (χ3v) is 4.83. The molecule has 0 bridgehead atoms. The standard InChI is InChI=1S/C22H32N2O2/c1-3-5-7-11-15-24(16-12-8-6-4-2)22(26)19-17-18-13-9-10-14-20(18)23-21(19)25/h9-10,13-14,17H,3-8,11-12,15-16H2,1-2H3,(H,23,25). The van der Waals surface area contributed by atoms with Crippen molar-refractivity contribution in [3.8, 4) is 0 Å². The zero-order valence-corrected chi connectivity index (χ0v) is 16.2. The minimum absolute atomic E-state index is 0.134. The number of pyridine rings is 1. The van der Waals surface area contributed by atoms with Crippen LogP contribution in [0.3, 0.4) is 0 Å². The van der Waals surface area contributed by atoms with Crippen molar-refractivity contribution < 1.29 is 4.79 Å². The summed E-state index contributed by atoms with van der Waals surface area (Å²) in [4.78, 5) is 30.2. The smallest absolute Gasteiger partial charge is 0.261 e. The Labute approximate surface area is 156 Å². The number of rotatable bonds is 11. The molecule has 0 unspecified atom stereocenters. The third kappa shape index (κ3) is 5.72. The summed E-state index contributed by atoms with van der Waals surface area (Å²) in [6.45, 7) is 5.83. The van der Waals surface area contributed by atoms with Crippen molar-refractivity contribution in [2.24, 2.45) is 0 Å². The van der Waals surface area contributed by atoms with E-state index >= 15 is 0 Å². The highest BCUT2D eigenvalue weighted by molar-refractivity contribution is 5.97. The molecule has 0 aliphatic rings. The Morgan fingerprint density at radius 2 is 1.54 bits per heavy atom. The quantitative estimate of drug-likeness (QED) is 0.567. The van der Waals surface area contributed by atoms with E-state index < -0.39 is 0 Å². The fraction of sp³-hybridized carbons (Fsp3) is 0.545. The lowest BCUT2D eigenvalue weighted by molar-refractivity contribution is 0.0747. The summed E-state index contributed by atoms with van der Waals surface area (Å²) in [5.74, 6) is -0.134. The number of nitrogens with zero attached hydrogens (tertiary/aromatic N) is 1. The summed E-state index contributed by atoms with van der Waals surface area (Å²) < 4.78 is 0. The Morgan fingerprint density at radius 1 is 0.923 bits per heavy atom. The van der Waals surface area contributed by atoms with Crippen LogP contribution in [0.25, 0.3) is 10.9 Å². The number of aromatic amines is 1. The minimum Gasteiger partial charge on any atom is -0.338 e. The van der Waals surface area contributed by atoms with Gasteiger partial charge in [0.15, 0.2) is 0 Å². The first-order chi connectivity index (χ1) is 12.7. The maximum atomic E-state index is 13.0. The molecule has 0 fully saturated rings. The second-order valence-corrected chi connectivity index (χ2v) is 7.01. The van der Waals surface area contributed by atoms with Crippen LogP contribution in [0.4, 0.5) is 0 Å². The number of fused-ring (bicyclic) bond motifs is 1. The van der Waals surface area contributed by atoms with Crippen molar-refractivity contribution in [2.45, 2.75) is 65.2 Å². The van der Waals surface area contributed by atoms with E-state index in [1.54, 1.807) is 6.07 Å². The van der Waals surface area contributed by atoms with Gasteiger partial charge in [-0.3, -0.25) is 9.59 Å². The van der Waals surface area contributed by atoms with Crippen LogP contribution in [0.5, 0.6) is 0 Å². The molecule has 142 valence electrons. The molecule has 2 rings (SSSR count). The molecule has 1 aromatic heterocycles. The predicted octanol–water partition coefficient (Wildman–Crippen LogP) is 5.13. The number of hydrogen-bond donors (Lipinski definition) is 1. The molecule has 2 aromatic rings. The summed E-state index contributed by atoms with van der Waals surface area (Å²) >= 11 is 0. The number of aromatic nitrogens is 1. The maximum Gasteiger partial charge on any atom is 0.261 e. The summed E-state index contributed by atoms with van der Waals surface area (Å²) in [5.41, 5.74) is 0.738. The molecule has 0 saturated carbocycles. The van der Waals surface area contributed by atoms with Crippen molar-refractivity contribution in [3.63, 3.8) is 0 Å². The monoisotopic (exact) mass is 356 g/mol. The fourth-order valence-electron chi connectivity index (χ4n) is 3.25. The number of H-pyrrole nitrogens is 1. The normalized spacial score (nSPS) is 11.0. The first-order valence-electron chi connectivity index (χ1n) is 10.1. The first-order valence-corrected chi connectivity index (χ1v) is 10.1. The van der Waals surface area contributed by atoms with Crippen LogP contribution >= 0.6 is 0 Å². The molecule has 1 heterocycles. The number of amides is 1. The molecule has 1 aromatic carbocycles. The zero-order chi connectivity index (χ0) is 18.8. The number of benzene rings is 1. The van der Waals surface area contributed by atoms with Crippen molar-refractivity contribution >= 4 is 16.8 Å². The topological polar surface area (TPSA) is 53.2 Å².